The maximum Gasteiger partial charge on any atom is 0.330 e. The fourth-order valence-electron chi connectivity index (χ4n) is 4.83. The van der Waals surface area contributed by atoms with Crippen molar-refractivity contribution < 1.29 is 38.1 Å². The highest BCUT2D eigenvalue weighted by molar-refractivity contribution is 5.82. The van der Waals surface area contributed by atoms with E-state index in [4.69, 9.17) is 18.9 Å². The highest BCUT2D eigenvalue weighted by Crippen LogP contribution is 2.30. The van der Waals surface area contributed by atoms with Gasteiger partial charge in [0.05, 0.1) is 45.4 Å². The van der Waals surface area contributed by atoms with Crippen LogP contribution in [0.25, 0.3) is 0 Å². The van der Waals surface area contributed by atoms with Gasteiger partial charge in [0.1, 0.15) is 6.10 Å². The van der Waals surface area contributed by atoms with Crippen LogP contribution in [-0.4, -0.2) is 63.2 Å². The molecule has 0 amide bonds. The molecule has 0 N–H and O–H groups in total. The molecule has 8 heteroatoms. The van der Waals surface area contributed by atoms with Gasteiger partial charge >= 0.3 is 17.9 Å². The van der Waals surface area contributed by atoms with Crippen molar-refractivity contribution in [2.24, 2.45) is 0 Å². The first kappa shape index (κ1) is 34.2. The van der Waals surface area contributed by atoms with Crippen LogP contribution in [0.15, 0.2) is 59.8 Å². The summed E-state index contributed by atoms with van der Waals surface area (Å²) in [6.45, 7) is 4.70. The second-order valence-electron chi connectivity index (χ2n) is 10.6. The summed E-state index contributed by atoms with van der Waals surface area (Å²) in [5.41, 5.74) is 1.80. The third-order valence-corrected chi connectivity index (χ3v) is 6.95. The Labute approximate surface area is 245 Å². The molecule has 0 spiro atoms. The van der Waals surface area contributed by atoms with Crippen molar-refractivity contribution in [1.29, 1.82) is 0 Å². The molecule has 0 aromatic heterocycles. The molecule has 4 unspecified atom stereocenters. The molecule has 2 heterocycles. The second-order valence-corrected chi connectivity index (χ2v) is 10.6. The minimum absolute atomic E-state index is 0.0728. The number of allylic oxidation sites excluding steroid dienone is 5. The predicted molar refractivity (Wildman–Crippen MR) is 158 cm³/mol. The van der Waals surface area contributed by atoms with Crippen LogP contribution >= 0.6 is 0 Å². The summed E-state index contributed by atoms with van der Waals surface area (Å²) in [5, 5.41) is 0. The molecule has 2 rings (SSSR count). The Morgan fingerprint density at radius 1 is 1.05 bits per heavy atom. The zero-order chi connectivity index (χ0) is 29.9. The number of ether oxygens (including phenoxy) is 5. The van der Waals surface area contributed by atoms with E-state index in [9.17, 15) is 14.4 Å². The standard InChI is InChI=1S/C33H48O8/c1-5-6-15-28-23-29-20-26(22-32(35)38-4)21-30(40-29)24-33(36)41-27(16-11-7-8-13-18-39-28)17-12-9-10-14-25(2)19-31(34)37-3/h7,9-12,14,17,22,27-30H,5-6,8,13,15-16,18-21,23-24H2,1-4H3/b10-9-,11-7+,17-12+,25-14+,26-22-. The van der Waals surface area contributed by atoms with Gasteiger partial charge in [-0.05, 0) is 45.1 Å². The fraction of sp³-hybridized carbons (Fsp3) is 0.606. The van der Waals surface area contributed by atoms with Gasteiger partial charge in [0, 0.05) is 25.5 Å². The van der Waals surface area contributed by atoms with Gasteiger partial charge in [-0.1, -0.05) is 67.4 Å². The molecule has 2 aliphatic heterocycles. The Kier molecular flexibility index (Phi) is 16.7. The van der Waals surface area contributed by atoms with Crippen molar-refractivity contribution >= 4 is 17.9 Å². The zero-order valence-corrected chi connectivity index (χ0v) is 25.2. The lowest BCUT2D eigenvalue weighted by Gasteiger charge is -2.34. The molecule has 41 heavy (non-hydrogen) atoms. The number of unbranched alkanes of at least 4 members (excludes halogenated alkanes) is 1. The lowest BCUT2D eigenvalue weighted by Crippen LogP contribution is -2.35. The van der Waals surface area contributed by atoms with Crippen LogP contribution in [0.5, 0.6) is 0 Å². The minimum atomic E-state index is -0.435. The van der Waals surface area contributed by atoms with Crippen LogP contribution in [0.2, 0.25) is 0 Å². The average molecular weight is 573 g/mol. The summed E-state index contributed by atoms with van der Waals surface area (Å²) in [6.07, 6.45) is 21.6. The zero-order valence-electron chi connectivity index (χ0n) is 25.2. The Morgan fingerprint density at radius 2 is 1.85 bits per heavy atom. The monoisotopic (exact) mass is 572 g/mol. The number of rotatable bonds is 9. The van der Waals surface area contributed by atoms with Crippen LogP contribution in [0.4, 0.5) is 0 Å². The number of cyclic esters (lactones) is 1. The van der Waals surface area contributed by atoms with Crippen LogP contribution in [0, 0.1) is 0 Å². The number of carbonyl (C=O) groups excluding carboxylic acids is 3. The molecule has 2 aliphatic rings. The van der Waals surface area contributed by atoms with E-state index in [-0.39, 0.29) is 43.1 Å². The third kappa shape index (κ3) is 15.0. The van der Waals surface area contributed by atoms with E-state index < -0.39 is 12.1 Å². The van der Waals surface area contributed by atoms with Crippen LogP contribution in [-0.2, 0) is 38.1 Å². The quantitative estimate of drug-likeness (QED) is 0.105. The lowest BCUT2D eigenvalue weighted by molar-refractivity contribution is -0.152. The van der Waals surface area contributed by atoms with E-state index in [0.717, 1.165) is 43.3 Å². The largest absolute Gasteiger partial charge is 0.469 e. The molecule has 0 aromatic rings. The molecule has 1 fully saturated rings. The molecular formula is C33H48O8. The number of fused-ring (bicyclic) bond motifs is 2. The minimum Gasteiger partial charge on any atom is -0.469 e. The summed E-state index contributed by atoms with van der Waals surface area (Å²) >= 11 is 0. The SMILES string of the molecule is CCCCC1CC2C/C(=C/C(=O)OC)CC(CC(=O)OC(/C=C/C=C\C=C(/C)CC(=O)OC)C/C=C/CCCO1)O2. The molecular weight excluding hydrogens is 524 g/mol. The van der Waals surface area contributed by atoms with Gasteiger partial charge in [-0.25, -0.2) is 4.79 Å². The van der Waals surface area contributed by atoms with Crippen molar-refractivity contribution in [3.05, 3.63) is 59.8 Å². The molecule has 4 atom stereocenters. The van der Waals surface area contributed by atoms with Crippen molar-refractivity contribution in [2.75, 3.05) is 20.8 Å². The van der Waals surface area contributed by atoms with Crippen molar-refractivity contribution in [3.8, 4) is 0 Å². The number of hydrogen-bond donors (Lipinski definition) is 0. The lowest BCUT2D eigenvalue weighted by atomic mass is 9.92. The number of methoxy groups -OCH3 is 2. The van der Waals surface area contributed by atoms with E-state index in [1.165, 1.54) is 20.3 Å². The average Bonchev–Trinajstić information content (AvgIpc) is 2.93. The predicted octanol–water partition coefficient (Wildman–Crippen LogP) is 6.26. The van der Waals surface area contributed by atoms with Gasteiger partial charge in [0.25, 0.3) is 0 Å². The topological polar surface area (TPSA) is 97.4 Å². The van der Waals surface area contributed by atoms with Gasteiger partial charge in [-0.2, -0.15) is 0 Å². The fourth-order valence-corrected chi connectivity index (χ4v) is 4.83. The Morgan fingerprint density at radius 3 is 2.61 bits per heavy atom. The Bertz CT molecular complexity index is 974. The summed E-state index contributed by atoms with van der Waals surface area (Å²) in [7, 11) is 2.73. The third-order valence-electron chi connectivity index (χ3n) is 6.95. The first-order valence-corrected chi connectivity index (χ1v) is 14.8. The van der Waals surface area contributed by atoms with Gasteiger partial charge in [-0.3, -0.25) is 9.59 Å². The Hall–Kier alpha value is -2.97. The van der Waals surface area contributed by atoms with Crippen molar-refractivity contribution in [1.82, 2.24) is 0 Å². The number of hydrogen-bond acceptors (Lipinski definition) is 8. The van der Waals surface area contributed by atoms with Crippen molar-refractivity contribution in [3.63, 3.8) is 0 Å². The number of carbonyl (C=O) groups is 3. The molecule has 1 saturated heterocycles. The maximum atomic E-state index is 13.0. The summed E-state index contributed by atoms with van der Waals surface area (Å²) in [6, 6.07) is 0. The molecule has 2 bridgehead atoms. The van der Waals surface area contributed by atoms with E-state index >= 15 is 0 Å². The smallest absolute Gasteiger partial charge is 0.330 e. The highest BCUT2D eigenvalue weighted by Gasteiger charge is 2.30. The van der Waals surface area contributed by atoms with Crippen molar-refractivity contribution in [2.45, 2.75) is 109 Å². The van der Waals surface area contributed by atoms with Gasteiger partial charge < -0.3 is 23.7 Å². The van der Waals surface area contributed by atoms with Crippen LogP contribution in [0.3, 0.4) is 0 Å². The van der Waals surface area contributed by atoms with Crippen LogP contribution in [0.1, 0.15) is 84.5 Å². The summed E-state index contributed by atoms with van der Waals surface area (Å²) < 4.78 is 28.0. The number of esters is 3. The first-order valence-electron chi connectivity index (χ1n) is 14.8. The molecule has 0 radical (unpaired) electrons. The summed E-state index contributed by atoms with van der Waals surface area (Å²) in [5.74, 6) is -1.03. The van der Waals surface area contributed by atoms with Crippen LogP contribution < -0.4 is 0 Å². The molecule has 8 nitrogen and oxygen atoms in total. The maximum absolute atomic E-state index is 13.0. The molecule has 228 valence electrons. The van der Waals surface area contributed by atoms with E-state index in [0.29, 0.717) is 32.3 Å². The molecule has 0 saturated carbocycles. The van der Waals surface area contributed by atoms with E-state index in [1.54, 1.807) is 0 Å². The molecule has 0 aliphatic carbocycles. The van der Waals surface area contributed by atoms with E-state index in [2.05, 4.69) is 17.7 Å². The Balaban J connectivity index is 2.15. The molecule has 0 aromatic carbocycles. The summed E-state index contributed by atoms with van der Waals surface area (Å²) in [4.78, 5) is 36.4. The highest BCUT2D eigenvalue weighted by atomic mass is 16.6. The first-order chi connectivity index (χ1) is 19.8. The van der Waals surface area contributed by atoms with Gasteiger partial charge in [0.2, 0.25) is 0 Å². The second kappa shape index (κ2) is 20.0. The van der Waals surface area contributed by atoms with Gasteiger partial charge in [0.15, 0.2) is 0 Å². The van der Waals surface area contributed by atoms with Gasteiger partial charge in [-0.15, -0.1) is 0 Å². The van der Waals surface area contributed by atoms with E-state index in [1.807, 2.05) is 43.4 Å². The normalized spacial score (nSPS) is 27.1.